The van der Waals surface area contributed by atoms with Gasteiger partial charge in [-0.25, -0.2) is 0 Å². The standard InChI is InChI=1S/C21H18ClN3OS/c1-14-7-8-16(9-19(14)22)24-12-25-20(26)10-17(15-5-3-2-4-6-15)18(11-23)21(25)27-13-24/h2-9,17H,10,12-13H2,1H3. The molecule has 2 aromatic rings. The van der Waals surface area contributed by atoms with E-state index < -0.39 is 0 Å². The number of allylic oxidation sites excluding steroid dienone is 1. The van der Waals surface area contributed by atoms with Crippen LogP contribution in [0.1, 0.15) is 23.5 Å². The Bertz CT molecular complexity index is 967. The summed E-state index contributed by atoms with van der Waals surface area (Å²) in [5.41, 5.74) is 3.71. The summed E-state index contributed by atoms with van der Waals surface area (Å²) in [5.74, 6) is 0.557. The van der Waals surface area contributed by atoms with Crippen LogP contribution in [0.15, 0.2) is 59.1 Å². The number of thioether (sulfide) groups is 1. The maximum absolute atomic E-state index is 12.9. The van der Waals surface area contributed by atoms with Crippen molar-refractivity contribution in [3.05, 3.63) is 75.3 Å². The molecular weight excluding hydrogens is 378 g/mol. The first-order chi connectivity index (χ1) is 13.1. The summed E-state index contributed by atoms with van der Waals surface area (Å²) in [7, 11) is 0. The highest BCUT2D eigenvalue weighted by Gasteiger charge is 2.38. The van der Waals surface area contributed by atoms with Gasteiger partial charge in [-0.15, -0.1) is 0 Å². The predicted molar refractivity (Wildman–Crippen MR) is 109 cm³/mol. The van der Waals surface area contributed by atoms with Crippen molar-refractivity contribution in [3.63, 3.8) is 0 Å². The van der Waals surface area contributed by atoms with Crippen LogP contribution in [0.3, 0.4) is 0 Å². The second-order valence-corrected chi connectivity index (χ2v) is 8.05. The van der Waals surface area contributed by atoms with Crippen molar-refractivity contribution < 1.29 is 4.79 Å². The normalized spacial score (nSPS) is 19.7. The molecule has 2 aliphatic rings. The van der Waals surface area contributed by atoms with E-state index in [9.17, 15) is 10.1 Å². The highest BCUT2D eigenvalue weighted by Crippen LogP contribution is 2.43. The van der Waals surface area contributed by atoms with E-state index in [1.54, 1.807) is 16.7 Å². The number of carbonyl (C=O) groups is 1. The second kappa shape index (κ2) is 7.30. The molecule has 1 unspecified atom stereocenters. The Morgan fingerprint density at radius 2 is 2.00 bits per heavy atom. The molecule has 2 heterocycles. The Morgan fingerprint density at radius 3 is 2.70 bits per heavy atom. The highest BCUT2D eigenvalue weighted by atomic mass is 35.5. The molecule has 1 saturated heterocycles. The molecule has 0 N–H and O–H groups in total. The second-order valence-electron chi connectivity index (χ2n) is 6.71. The lowest BCUT2D eigenvalue weighted by molar-refractivity contribution is -0.129. The van der Waals surface area contributed by atoms with Crippen LogP contribution in [0.2, 0.25) is 5.02 Å². The SMILES string of the molecule is Cc1ccc(N2CSC3=C(C#N)C(c4ccccc4)CC(=O)N3C2)cc1Cl. The third kappa shape index (κ3) is 3.31. The summed E-state index contributed by atoms with van der Waals surface area (Å²) in [6.07, 6.45) is 0.319. The maximum Gasteiger partial charge on any atom is 0.229 e. The molecule has 1 atom stereocenters. The van der Waals surface area contributed by atoms with Crippen LogP contribution in [-0.2, 0) is 4.79 Å². The van der Waals surface area contributed by atoms with Gasteiger partial charge in [0.1, 0.15) is 0 Å². The summed E-state index contributed by atoms with van der Waals surface area (Å²) in [6.45, 7) is 2.40. The Balaban J connectivity index is 1.66. The quantitative estimate of drug-likeness (QED) is 0.727. The molecule has 1 fully saturated rings. The zero-order valence-electron chi connectivity index (χ0n) is 14.9. The van der Waals surface area contributed by atoms with E-state index >= 15 is 0 Å². The van der Waals surface area contributed by atoms with Gasteiger partial charge < -0.3 is 4.90 Å². The van der Waals surface area contributed by atoms with Gasteiger partial charge in [0.2, 0.25) is 5.91 Å². The number of carbonyl (C=O) groups excluding carboxylic acids is 1. The van der Waals surface area contributed by atoms with E-state index in [2.05, 4.69) is 11.0 Å². The van der Waals surface area contributed by atoms with Gasteiger partial charge >= 0.3 is 0 Å². The van der Waals surface area contributed by atoms with E-state index in [0.29, 0.717) is 29.6 Å². The lowest BCUT2D eigenvalue weighted by Gasteiger charge is -2.42. The van der Waals surface area contributed by atoms with Crippen molar-refractivity contribution in [2.45, 2.75) is 19.3 Å². The Labute approximate surface area is 168 Å². The van der Waals surface area contributed by atoms with Crippen molar-refractivity contribution >= 4 is 35.0 Å². The lowest BCUT2D eigenvalue weighted by atomic mass is 9.86. The topological polar surface area (TPSA) is 47.3 Å². The number of halogens is 1. The van der Waals surface area contributed by atoms with Crippen LogP contribution in [0.25, 0.3) is 0 Å². The van der Waals surface area contributed by atoms with E-state index in [0.717, 1.165) is 21.8 Å². The summed E-state index contributed by atoms with van der Waals surface area (Å²) in [4.78, 5) is 16.7. The summed E-state index contributed by atoms with van der Waals surface area (Å²) in [6, 6.07) is 18.1. The van der Waals surface area contributed by atoms with Crippen molar-refractivity contribution in [2.24, 2.45) is 0 Å². The van der Waals surface area contributed by atoms with E-state index in [1.165, 1.54) is 0 Å². The van der Waals surface area contributed by atoms with Crippen LogP contribution in [0, 0.1) is 18.3 Å². The molecule has 136 valence electrons. The van der Waals surface area contributed by atoms with Crippen LogP contribution in [-0.4, -0.2) is 23.4 Å². The van der Waals surface area contributed by atoms with Crippen molar-refractivity contribution in [3.8, 4) is 6.07 Å². The number of fused-ring (bicyclic) bond motifs is 1. The zero-order chi connectivity index (χ0) is 19.0. The highest BCUT2D eigenvalue weighted by molar-refractivity contribution is 8.03. The smallest absolute Gasteiger partial charge is 0.229 e. The van der Waals surface area contributed by atoms with Crippen LogP contribution >= 0.6 is 23.4 Å². The molecule has 27 heavy (non-hydrogen) atoms. The van der Waals surface area contributed by atoms with E-state index in [1.807, 2.05) is 55.5 Å². The fourth-order valence-electron chi connectivity index (χ4n) is 3.47. The number of amides is 1. The van der Waals surface area contributed by atoms with E-state index in [-0.39, 0.29) is 11.8 Å². The molecule has 2 aliphatic heterocycles. The van der Waals surface area contributed by atoms with Crippen molar-refractivity contribution in [2.75, 3.05) is 17.4 Å². The van der Waals surface area contributed by atoms with Crippen LogP contribution < -0.4 is 4.90 Å². The number of benzene rings is 2. The molecule has 0 spiro atoms. The maximum atomic E-state index is 12.9. The molecule has 0 aromatic heterocycles. The monoisotopic (exact) mass is 395 g/mol. The van der Waals surface area contributed by atoms with Crippen molar-refractivity contribution in [1.29, 1.82) is 5.26 Å². The van der Waals surface area contributed by atoms with Gasteiger partial charge in [0.05, 0.1) is 29.2 Å². The molecule has 0 bridgehead atoms. The van der Waals surface area contributed by atoms with Gasteiger partial charge in [-0.05, 0) is 30.2 Å². The zero-order valence-corrected chi connectivity index (χ0v) is 16.4. The first-order valence-electron chi connectivity index (χ1n) is 8.72. The minimum absolute atomic E-state index is 0.0493. The molecule has 6 heteroatoms. The predicted octanol–water partition coefficient (Wildman–Crippen LogP) is 4.87. The number of hydrogen-bond acceptors (Lipinski definition) is 4. The molecule has 4 nitrogen and oxygen atoms in total. The fraction of sp³-hybridized carbons (Fsp3) is 0.238. The summed E-state index contributed by atoms with van der Waals surface area (Å²) >= 11 is 7.81. The first kappa shape index (κ1) is 18.0. The summed E-state index contributed by atoms with van der Waals surface area (Å²) in [5, 5.41) is 11.3. The van der Waals surface area contributed by atoms with Crippen molar-refractivity contribution in [1.82, 2.24) is 4.90 Å². The van der Waals surface area contributed by atoms with Gasteiger partial charge in [0.15, 0.2) is 0 Å². The number of aryl methyl sites for hydroxylation is 1. The Morgan fingerprint density at radius 1 is 1.22 bits per heavy atom. The minimum atomic E-state index is -0.164. The van der Waals surface area contributed by atoms with Gasteiger partial charge in [-0.3, -0.25) is 9.69 Å². The average molecular weight is 396 g/mol. The number of nitriles is 1. The fourth-order valence-corrected chi connectivity index (χ4v) is 4.82. The minimum Gasteiger partial charge on any atom is -0.344 e. The van der Waals surface area contributed by atoms with E-state index in [4.69, 9.17) is 11.6 Å². The molecule has 0 radical (unpaired) electrons. The number of anilines is 1. The average Bonchev–Trinajstić information content (AvgIpc) is 2.70. The third-order valence-corrected chi connectivity index (χ3v) is 6.58. The van der Waals surface area contributed by atoms with Gasteiger partial charge in [-0.1, -0.05) is 59.8 Å². The lowest BCUT2D eigenvalue weighted by Crippen LogP contribution is -2.47. The molecule has 4 rings (SSSR count). The number of nitrogens with zero attached hydrogens (tertiary/aromatic N) is 3. The third-order valence-electron chi connectivity index (χ3n) is 5.02. The molecule has 0 aliphatic carbocycles. The summed E-state index contributed by atoms with van der Waals surface area (Å²) < 4.78 is 0. The number of rotatable bonds is 2. The molecule has 2 aromatic carbocycles. The van der Waals surface area contributed by atoms with Gasteiger partial charge in [-0.2, -0.15) is 5.26 Å². The first-order valence-corrected chi connectivity index (χ1v) is 10.1. The number of hydrogen-bond donors (Lipinski definition) is 0. The largest absolute Gasteiger partial charge is 0.344 e. The molecular formula is C21H18ClN3OS. The van der Waals surface area contributed by atoms with Crippen LogP contribution in [0.4, 0.5) is 5.69 Å². The molecule has 1 amide bonds. The Hall–Kier alpha value is -2.42. The van der Waals surface area contributed by atoms with Gasteiger partial charge in [0, 0.05) is 23.0 Å². The van der Waals surface area contributed by atoms with Crippen LogP contribution in [0.5, 0.6) is 0 Å². The molecule has 0 saturated carbocycles. The Kier molecular flexibility index (Phi) is 4.86. The van der Waals surface area contributed by atoms with Gasteiger partial charge in [0.25, 0.3) is 0 Å².